The molecule has 0 atom stereocenters. The van der Waals surface area contributed by atoms with E-state index in [2.05, 4.69) is 15.3 Å². The first kappa shape index (κ1) is 21.8. The van der Waals surface area contributed by atoms with E-state index in [4.69, 9.17) is 10.5 Å². The number of carbonyl (C=O) groups excluding carboxylic acids is 1. The van der Waals surface area contributed by atoms with Crippen molar-refractivity contribution in [3.05, 3.63) is 45.8 Å². The van der Waals surface area contributed by atoms with Crippen LogP contribution in [0.15, 0.2) is 23.1 Å². The molecule has 3 heterocycles. The SMILES string of the molecule is Cc1cc(C(N)=O)c(F)cc1Nc1ncc2c(n1)n(C1CCOCC1)c(=O)n2CC(F)F. The maximum atomic E-state index is 14.2. The predicted molar refractivity (Wildman–Crippen MR) is 110 cm³/mol. The second-order valence-corrected chi connectivity index (χ2v) is 7.54. The zero-order valence-electron chi connectivity index (χ0n) is 17.1. The standard InChI is InChI=1S/C20H21F3N6O3/c1-10-6-12(17(24)30)13(21)7-14(10)26-19-25-8-15-18(27-19)29(11-2-4-32-5-3-11)20(31)28(15)9-16(22)23/h6-8,11,16H,2-5,9H2,1H3,(H2,24,30)(H,25,26,27). The number of fused-ring (bicyclic) bond motifs is 1. The van der Waals surface area contributed by atoms with Gasteiger partial charge in [0.15, 0.2) is 5.65 Å². The van der Waals surface area contributed by atoms with Gasteiger partial charge in [-0.15, -0.1) is 0 Å². The number of hydrogen-bond donors (Lipinski definition) is 2. The smallest absolute Gasteiger partial charge is 0.330 e. The molecule has 1 aliphatic rings. The molecular weight excluding hydrogens is 429 g/mol. The van der Waals surface area contributed by atoms with E-state index in [-0.39, 0.29) is 28.7 Å². The summed E-state index contributed by atoms with van der Waals surface area (Å²) in [6, 6.07) is 2.14. The van der Waals surface area contributed by atoms with E-state index in [0.29, 0.717) is 37.3 Å². The molecule has 12 heteroatoms. The molecule has 9 nitrogen and oxygen atoms in total. The molecule has 0 spiro atoms. The number of alkyl halides is 2. The van der Waals surface area contributed by atoms with Gasteiger partial charge in [0.1, 0.15) is 11.3 Å². The lowest BCUT2D eigenvalue weighted by atomic mass is 10.1. The van der Waals surface area contributed by atoms with Crippen molar-refractivity contribution >= 4 is 28.7 Å². The summed E-state index contributed by atoms with van der Waals surface area (Å²) in [5.74, 6) is -1.66. The van der Waals surface area contributed by atoms with E-state index in [1.807, 2.05) is 0 Å². The maximum absolute atomic E-state index is 14.2. The fourth-order valence-electron chi connectivity index (χ4n) is 3.83. The fourth-order valence-corrected chi connectivity index (χ4v) is 3.83. The quantitative estimate of drug-likeness (QED) is 0.596. The van der Waals surface area contributed by atoms with Crippen molar-refractivity contribution in [3.63, 3.8) is 0 Å². The topological polar surface area (TPSA) is 117 Å². The average molecular weight is 450 g/mol. The highest BCUT2D eigenvalue weighted by atomic mass is 19.3. The second-order valence-electron chi connectivity index (χ2n) is 7.54. The fraction of sp³-hybridized carbons (Fsp3) is 0.400. The Morgan fingerprint density at radius 2 is 2.06 bits per heavy atom. The van der Waals surface area contributed by atoms with Crippen LogP contribution in [0.3, 0.4) is 0 Å². The van der Waals surface area contributed by atoms with Gasteiger partial charge in [0.2, 0.25) is 5.95 Å². The van der Waals surface area contributed by atoms with Gasteiger partial charge in [-0.1, -0.05) is 0 Å². The van der Waals surface area contributed by atoms with Crippen LogP contribution < -0.4 is 16.7 Å². The van der Waals surface area contributed by atoms with Crippen LogP contribution in [0, 0.1) is 12.7 Å². The number of primary amides is 1. The zero-order chi connectivity index (χ0) is 23.0. The Morgan fingerprint density at radius 3 is 2.72 bits per heavy atom. The second kappa shape index (κ2) is 8.61. The number of benzene rings is 1. The molecule has 0 saturated carbocycles. The number of nitrogens with one attached hydrogen (secondary N) is 1. The van der Waals surface area contributed by atoms with E-state index in [1.165, 1.54) is 16.8 Å². The normalized spacial score (nSPS) is 14.9. The summed E-state index contributed by atoms with van der Waals surface area (Å²) < 4.78 is 48.1. The third kappa shape index (κ3) is 4.05. The summed E-state index contributed by atoms with van der Waals surface area (Å²) >= 11 is 0. The number of amides is 1. The van der Waals surface area contributed by atoms with Gasteiger partial charge >= 0.3 is 5.69 Å². The van der Waals surface area contributed by atoms with Crippen LogP contribution in [0.2, 0.25) is 0 Å². The molecular formula is C20H21F3N6O3. The maximum Gasteiger partial charge on any atom is 0.330 e. The zero-order valence-corrected chi connectivity index (χ0v) is 17.1. The third-order valence-corrected chi connectivity index (χ3v) is 5.41. The number of anilines is 2. The molecule has 1 saturated heterocycles. The first-order chi connectivity index (χ1) is 15.3. The number of halogens is 3. The summed E-state index contributed by atoms with van der Waals surface area (Å²) in [5, 5.41) is 2.86. The van der Waals surface area contributed by atoms with E-state index in [1.54, 1.807) is 6.92 Å². The van der Waals surface area contributed by atoms with Crippen molar-refractivity contribution < 1.29 is 22.7 Å². The molecule has 0 unspecified atom stereocenters. The van der Waals surface area contributed by atoms with E-state index in [0.717, 1.165) is 10.6 Å². The molecule has 1 aliphatic heterocycles. The largest absolute Gasteiger partial charge is 0.381 e. The van der Waals surface area contributed by atoms with Crippen molar-refractivity contribution in [2.45, 2.75) is 38.8 Å². The van der Waals surface area contributed by atoms with Crippen LogP contribution in [0.1, 0.15) is 34.8 Å². The number of ether oxygens (including phenoxy) is 1. The summed E-state index contributed by atoms with van der Waals surface area (Å²) in [7, 11) is 0. The number of carbonyl (C=O) groups is 1. The molecule has 1 amide bonds. The Balaban J connectivity index is 1.79. The Hall–Kier alpha value is -3.41. The van der Waals surface area contributed by atoms with Crippen LogP contribution in [-0.2, 0) is 11.3 Å². The van der Waals surface area contributed by atoms with E-state index >= 15 is 0 Å². The monoisotopic (exact) mass is 450 g/mol. The summed E-state index contributed by atoms with van der Waals surface area (Å²) in [6.45, 7) is 1.75. The van der Waals surface area contributed by atoms with E-state index < -0.39 is 30.4 Å². The highest BCUT2D eigenvalue weighted by molar-refractivity contribution is 5.94. The van der Waals surface area contributed by atoms with Crippen molar-refractivity contribution in [1.29, 1.82) is 0 Å². The number of nitrogens with two attached hydrogens (primary N) is 1. The van der Waals surface area contributed by atoms with Gasteiger partial charge in [0.05, 0.1) is 18.3 Å². The first-order valence-electron chi connectivity index (χ1n) is 9.97. The van der Waals surface area contributed by atoms with Crippen LogP contribution in [0.4, 0.5) is 24.8 Å². The lowest BCUT2D eigenvalue weighted by Crippen LogP contribution is -2.31. The number of rotatable bonds is 6. The van der Waals surface area contributed by atoms with Crippen LogP contribution in [0.5, 0.6) is 0 Å². The summed E-state index contributed by atoms with van der Waals surface area (Å²) in [5.41, 5.74) is 5.51. The summed E-state index contributed by atoms with van der Waals surface area (Å²) in [4.78, 5) is 32.8. The molecule has 1 fully saturated rings. The molecule has 0 radical (unpaired) electrons. The lowest BCUT2D eigenvalue weighted by Gasteiger charge is -2.22. The Morgan fingerprint density at radius 1 is 1.34 bits per heavy atom. The predicted octanol–water partition coefficient (Wildman–Crippen LogP) is 2.50. The van der Waals surface area contributed by atoms with Gasteiger partial charge in [-0.2, -0.15) is 4.98 Å². The minimum atomic E-state index is -2.73. The molecule has 4 rings (SSSR count). The Bertz CT molecular complexity index is 1230. The van der Waals surface area contributed by atoms with Gasteiger partial charge in [-0.25, -0.2) is 22.9 Å². The van der Waals surface area contributed by atoms with Crippen molar-refractivity contribution in [2.75, 3.05) is 18.5 Å². The number of aromatic nitrogens is 4. The average Bonchev–Trinajstić information content (AvgIpc) is 3.01. The molecule has 0 aliphatic carbocycles. The van der Waals surface area contributed by atoms with Gasteiger partial charge in [-0.3, -0.25) is 13.9 Å². The molecule has 1 aromatic carbocycles. The van der Waals surface area contributed by atoms with Gasteiger partial charge in [-0.05, 0) is 37.5 Å². The summed E-state index contributed by atoms with van der Waals surface area (Å²) in [6.07, 6.45) is -0.361. The molecule has 170 valence electrons. The van der Waals surface area contributed by atoms with Crippen molar-refractivity contribution in [2.24, 2.45) is 5.73 Å². The molecule has 0 bridgehead atoms. The van der Waals surface area contributed by atoms with E-state index in [9.17, 15) is 22.8 Å². The van der Waals surface area contributed by atoms with Crippen molar-refractivity contribution in [1.82, 2.24) is 19.1 Å². The van der Waals surface area contributed by atoms with Crippen LogP contribution >= 0.6 is 0 Å². The minimum absolute atomic E-state index is 0.0434. The highest BCUT2D eigenvalue weighted by Crippen LogP contribution is 2.26. The first-order valence-corrected chi connectivity index (χ1v) is 9.97. The third-order valence-electron chi connectivity index (χ3n) is 5.41. The molecule has 3 aromatic rings. The number of nitrogens with zero attached hydrogens (tertiary/aromatic N) is 4. The molecule has 3 N–H and O–H groups in total. The Kier molecular flexibility index (Phi) is 5.87. The highest BCUT2D eigenvalue weighted by Gasteiger charge is 2.25. The van der Waals surface area contributed by atoms with Crippen LogP contribution in [-0.4, -0.2) is 44.6 Å². The number of hydrogen-bond acceptors (Lipinski definition) is 6. The number of imidazole rings is 1. The molecule has 32 heavy (non-hydrogen) atoms. The Labute approximate surface area is 180 Å². The molecule has 2 aromatic heterocycles. The van der Waals surface area contributed by atoms with Gasteiger partial charge in [0.25, 0.3) is 12.3 Å². The van der Waals surface area contributed by atoms with Crippen LogP contribution in [0.25, 0.3) is 11.2 Å². The minimum Gasteiger partial charge on any atom is -0.381 e. The lowest BCUT2D eigenvalue weighted by molar-refractivity contribution is 0.0690. The van der Waals surface area contributed by atoms with Gasteiger partial charge < -0.3 is 15.8 Å². The number of aryl methyl sites for hydroxylation is 1. The van der Waals surface area contributed by atoms with Crippen molar-refractivity contribution in [3.8, 4) is 0 Å². The van der Waals surface area contributed by atoms with Gasteiger partial charge in [0, 0.05) is 24.9 Å².